The molecule has 1 aromatic heterocycles. The summed E-state index contributed by atoms with van der Waals surface area (Å²) >= 11 is 1.97. The summed E-state index contributed by atoms with van der Waals surface area (Å²) in [5.41, 5.74) is 3.68. The highest BCUT2D eigenvalue weighted by Gasteiger charge is 2.23. The molecule has 0 amide bonds. The molecule has 1 heteroatoms. The van der Waals surface area contributed by atoms with Crippen molar-refractivity contribution in [3.05, 3.63) is 21.4 Å². The van der Waals surface area contributed by atoms with Gasteiger partial charge in [0.05, 0.1) is 0 Å². The Morgan fingerprint density at radius 2 is 1.85 bits per heavy atom. The van der Waals surface area contributed by atoms with Gasteiger partial charge in [-0.05, 0) is 47.6 Å². The smallest absolute Gasteiger partial charge is 0.0134 e. The van der Waals surface area contributed by atoms with E-state index in [1.807, 2.05) is 11.3 Å². The minimum atomic E-state index is 0.357. The van der Waals surface area contributed by atoms with Crippen LogP contribution in [0.2, 0.25) is 0 Å². The number of aryl methyl sites for hydroxylation is 1. The lowest BCUT2D eigenvalue weighted by atomic mass is 9.85. The van der Waals surface area contributed by atoms with Crippen molar-refractivity contribution in [1.29, 1.82) is 0 Å². The van der Waals surface area contributed by atoms with Crippen LogP contribution >= 0.6 is 11.3 Å². The Balaban J connectivity index is 2.43. The van der Waals surface area contributed by atoms with Gasteiger partial charge in [0.2, 0.25) is 0 Å². The van der Waals surface area contributed by atoms with E-state index < -0.39 is 0 Å². The van der Waals surface area contributed by atoms with E-state index in [0.717, 1.165) is 0 Å². The topological polar surface area (TPSA) is 0 Å². The van der Waals surface area contributed by atoms with E-state index in [1.165, 1.54) is 25.7 Å². The molecule has 0 spiro atoms. The molecule has 1 aliphatic rings. The normalized spacial score (nSPS) is 17.2. The highest BCUT2D eigenvalue weighted by atomic mass is 32.1. The van der Waals surface area contributed by atoms with Crippen LogP contribution < -0.4 is 0 Å². The average Bonchev–Trinajstić information content (AvgIpc) is 2.45. The van der Waals surface area contributed by atoms with Gasteiger partial charge in [-0.3, -0.25) is 0 Å². The first-order chi connectivity index (χ1) is 6.09. The molecular weight excluding hydrogens is 176 g/mol. The highest BCUT2D eigenvalue weighted by molar-refractivity contribution is 7.10. The molecule has 0 saturated carbocycles. The average molecular weight is 194 g/mol. The van der Waals surface area contributed by atoms with Crippen molar-refractivity contribution < 1.29 is 0 Å². The van der Waals surface area contributed by atoms with Gasteiger partial charge in [-0.15, -0.1) is 11.3 Å². The number of hydrogen-bond donors (Lipinski definition) is 0. The van der Waals surface area contributed by atoms with Crippen LogP contribution in [0.1, 0.15) is 49.6 Å². The number of thiophene rings is 1. The highest BCUT2D eigenvalue weighted by Crippen LogP contribution is 2.37. The van der Waals surface area contributed by atoms with Crippen LogP contribution in [0.4, 0.5) is 0 Å². The lowest BCUT2D eigenvalue weighted by Gasteiger charge is -2.21. The van der Waals surface area contributed by atoms with Crippen molar-refractivity contribution in [3.63, 3.8) is 0 Å². The molecular formula is C12H18S. The molecule has 0 N–H and O–H groups in total. The molecule has 0 aromatic carbocycles. The van der Waals surface area contributed by atoms with Gasteiger partial charge in [0.1, 0.15) is 0 Å². The summed E-state index contributed by atoms with van der Waals surface area (Å²) in [5, 5.41) is 2.38. The molecule has 0 atom stereocenters. The van der Waals surface area contributed by atoms with E-state index >= 15 is 0 Å². The first kappa shape index (κ1) is 9.26. The number of rotatable bonds is 0. The first-order valence-electron chi connectivity index (χ1n) is 5.19. The Hall–Kier alpha value is -0.300. The molecule has 1 aliphatic carbocycles. The summed E-state index contributed by atoms with van der Waals surface area (Å²) in [5.74, 6) is 0. The van der Waals surface area contributed by atoms with Crippen LogP contribution in [0.25, 0.3) is 0 Å². The maximum absolute atomic E-state index is 2.38. The molecule has 13 heavy (non-hydrogen) atoms. The van der Waals surface area contributed by atoms with Gasteiger partial charge in [-0.1, -0.05) is 20.8 Å². The molecule has 0 radical (unpaired) electrons. The van der Waals surface area contributed by atoms with E-state index in [9.17, 15) is 0 Å². The van der Waals surface area contributed by atoms with Crippen LogP contribution in [-0.2, 0) is 18.3 Å². The van der Waals surface area contributed by atoms with Crippen molar-refractivity contribution in [2.24, 2.45) is 0 Å². The third kappa shape index (κ3) is 1.67. The number of fused-ring (bicyclic) bond motifs is 1. The lowest BCUT2D eigenvalue weighted by molar-refractivity contribution is 0.584. The van der Waals surface area contributed by atoms with Crippen molar-refractivity contribution in [2.45, 2.75) is 51.9 Å². The molecule has 0 aliphatic heterocycles. The third-order valence-corrected chi connectivity index (χ3v) is 4.28. The van der Waals surface area contributed by atoms with Gasteiger partial charge in [-0.25, -0.2) is 0 Å². The van der Waals surface area contributed by atoms with E-state index in [2.05, 4.69) is 26.2 Å². The number of hydrogen-bond acceptors (Lipinski definition) is 1. The van der Waals surface area contributed by atoms with Crippen LogP contribution in [0.5, 0.6) is 0 Å². The summed E-state index contributed by atoms with van der Waals surface area (Å²) < 4.78 is 0. The van der Waals surface area contributed by atoms with E-state index in [4.69, 9.17) is 0 Å². The minimum Gasteiger partial charge on any atom is -0.148 e. The Bertz CT molecular complexity index is 301. The van der Waals surface area contributed by atoms with Gasteiger partial charge >= 0.3 is 0 Å². The van der Waals surface area contributed by atoms with Gasteiger partial charge in [-0.2, -0.15) is 0 Å². The summed E-state index contributed by atoms with van der Waals surface area (Å²) in [7, 11) is 0. The van der Waals surface area contributed by atoms with Crippen molar-refractivity contribution >= 4 is 11.3 Å². The molecule has 0 bridgehead atoms. The zero-order valence-electron chi connectivity index (χ0n) is 8.81. The third-order valence-electron chi connectivity index (χ3n) is 2.78. The van der Waals surface area contributed by atoms with Gasteiger partial charge in [0.25, 0.3) is 0 Å². The second-order valence-corrected chi connectivity index (χ2v) is 5.91. The monoisotopic (exact) mass is 194 g/mol. The molecule has 0 unspecified atom stereocenters. The molecule has 0 saturated heterocycles. The van der Waals surface area contributed by atoms with Crippen LogP contribution in [0.3, 0.4) is 0 Å². The minimum absolute atomic E-state index is 0.357. The van der Waals surface area contributed by atoms with E-state index in [1.54, 1.807) is 16.0 Å². The summed E-state index contributed by atoms with van der Waals surface area (Å²) in [6, 6.07) is 0. The fourth-order valence-electron chi connectivity index (χ4n) is 2.15. The summed E-state index contributed by atoms with van der Waals surface area (Å²) in [6.07, 6.45) is 5.44. The second kappa shape index (κ2) is 3.13. The Labute approximate surface area is 85.0 Å². The maximum Gasteiger partial charge on any atom is 0.0134 e. The van der Waals surface area contributed by atoms with E-state index in [0.29, 0.717) is 5.41 Å². The Kier molecular flexibility index (Phi) is 2.23. The molecule has 1 aromatic rings. The predicted molar refractivity (Wildman–Crippen MR) is 59.7 cm³/mol. The van der Waals surface area contributed by atoms with Crippen molar-refractivity contribution in [1.82, 2.24) is 0 Å². The Morgan fingerprint density at radius 3 is 2.54 bits per heavy atom. The van der Waals surface area contributed by atoms with Crippen LogP contribution in [-0.4, -0.2) is 0 Å². The molecule has 0 nitrogen and oxygen atoms in total. The second-order valence-electron chi connectivity index (χ2n) is 5.03. The van der Waals surface area contributed by atoms with Crippen LogP contribution in [0.15, 0.2) is 5.38 Å². The van der Waals surface area contributed by atoms with Crippen molar-refractivity contribution in [2.75, 3.05) is 0 Å². The van der Waals surface area contributed by atoms with Crippen LogP contribution in [0, 0.1) is 0 Å². The van der Waals surface area contributed by atoms with Gasteiger partial charge in [0.15, 0.2) is 0 Å². The quantitative estimate of drug-likeness (QED) is 0.587. The zero-order chi connectivity index (χ0) is 9.47. The van der Waals surface area contributed by atoms with Crippen molar-refractivity contribution in [3.8, 4) is 0 Å². The Morgan fingerprint density at radius 1 is 1.15 bits per heavy atom. The lowest BCUT2D eigenvalue weighted by Crippen LogP contribution is -2.13. The largest absolute Gasteiger partial charge is 0.148 e. The SMILES string of the molecule is CC(C)(C)c1scc2c1CCCC2. The summed E-state index contributed by atoms with van der Waals surface area (Å²) in [6.45, 7) is 6.98. The first-order valence-corrected chi connectivity index (χ1v) is 6.07. The van der Waals surface area contributed by atoms with Gasteiger partial charge in [0, 0.05) is 4.88 Å². The molecule has 0 fully saturated rings. The summed E-state index contributed by atoms with van der Waals surface area (Å²) in [4.78, 5) is 1.63. The van der Waals surface area contributed by atoms with E-state index in [-0.39, 0.29) is 0 Å². The standard InChI is InChI=1S/C12H18S/c1-12(2,3)11-10-7-5-4-6-9(10)8-13-11/h8H,4-7H2,1-3H3. The van der Waals surface area contributed by atoms with Gasteiger partial charge < -0.3 is 0 Å². The zero-order valence-corrected chi connectivity index (χ0v) is 9.63. The molecule has 2 rings (SSSR count). The maximum atomic E-state index is 2.38. The molecule has 72 valence electrons. The fraction of sp³-hybridized carbons (Fsp3) is 0.667. The predicted octanol–water partition coefficient (Wildman–Crippen LogP) is 3.92. The fourth-order valence-corrected chi connectivity index (χ4v) is 3.40. The molecule has 1 heterocycles.